The molecule has 2 N–H and O–H groups in total. The number of H-pyrrole nitrogens is 1. The molecule has 5 aliphatic rings. The normalized spacial score (nSPS) is 22.6. The van der Waals surface area contributed by atoms with Gasteiger partial charge in [-0.25, -0.2) is 9.78 Å². The van der Waals surface area contributed by atoms with Crippen molar-refractivity contribution in [2.75, 3.05) is 34.4 Å². The SMILES string of the molecule is COC(=O)C[C@H](C(=O)N1CCC[C@H]1C1=NC=C(c2ccc(-c3ccc4cc(-c5cnc([C@@H]6CCCN6C(=O)[C@@H](NC(=O)OC)C(C)C)[nH]5)ccc4c3)c3c2C2CCC3N2C)C1)C(C)C. The van der Waals surface area contributed by atoms with E-state index in [9.17, 15) is 19.2 Å². The van der Waals surface area contributed by atoms with E-state index in [1.54, 1.807) is 0 Å². The van der Waals surface area contributed by atoms with Crippen LogP contribution in [0.1, 0.15) is 120 Å². The predicted octanol–water partition coefficient (Wildman–Crippen LogP) is 8.77. The number of imidazole rings is 1. The summed E-state index contributed by atoms with van der Waals surface area (Å²) in [6.45, 7) is 9.11. The lowest BCUT2D eigenvalue weighted by molar-refractivity contribution is -0.148. The first-order valence-corrected chi connectivity index (χ1v) is 23.1. The third-order valence-electron chi connectivity index (χ3n) is 14.7. The predicted molar refractivity (Wildman–Crippen MR) is 247 cm³/mol. The maximum Gasteiger partial charge on any atom is 0.407 e. The van der Waals surface area contributed by atoms with Gasteiger partial charge in [-0.05, 0) is 114 Å². The maximum absolute atomic E-state index is 13.9. The molecule has 4 aromatic rings. The first-order chi connectivity index (χ1) is 30.9. The van der Waals surface area contributed by atoms with E-state index in [0.717, 1.165) is 72.1 Å². The second-order valence-electron chi connectivity index (χ2n) is 19.0. The number of nitrogens with one attached hydrogen (secondary N) is 2. The molecule has 3 amide bonds. The second-order valence-corrected chi connectivity index (χ2v) is 19.0. The van der Waals surface area contributed by atoms with E-state index in [2.05, 4.69) is 70.8 Å². The number of allylic oxidation sites excluding steroid dienone is 1. The van der Waals surface area contributed by atoms with Crippen molar-refractivity contribution in [3.63, 3.8) is 0 Å². The summed E-state index contributed by atoms with van der Waals surface area (Å²) in [7, 11) is 4.94. The number of aromatic amines is 1. The summed E-state index contributed by atoms with van der Waals surface area (Å²) >= 11 is 0. The van der Waals surface area contributed by atoms with E-state index in [1.165, 1.54) is 47.6 Å². The van der Waals surface area contributed by atoms with Gasteiger partial charge in [0.15, 0.2) is 0 Å². The van der Waals surface area contributed by atoms with Gasteiger partial charge in [0.25, 0.3) is 0 Å². The third kappa shape index (κ3) is 7.79. The van der Waals surface area contributed by atoms with E-state index >= 15 is 0 Å². The van der Waals surface area contributed by atoms with Gasteiger partial charge in [-0.15, -0.1) is 0 Å². The molecule has 9 rings (SSSR count). The van der Waals surface area contributed by atoms with Gasteiger partial charge in [0, 0.05) is 49.1 Å². The van der Waals surface area contributed by atoms with Crippen LogP contribution in [0.4, 0.5) is 4.79 Å². The summed E-state index contributed by atoms with van der Waals surface area (Å²) in [5.41, 5.74) is 10.7. The maximum atomic E-state index is 13.9. The Morgan fingerprint density at radius 1 is 0.766 bits per heavy atom. The van der Waals surface area contributed by atoms with E-state index < -0.39 is 18.1 Å². The Morgan fingerprint density at radius 2 is 1.41 bits per heavy atom. The number of ether oxygens (including phenoxy) is 2. The summed E-state index contributed by atoms with van der Waals surface area (Å²) in [4.78, 5) is 71.6. The number of rotatable bonds is 12. The van der Waals surface area contributed by atoms with Crippen molar-refractivity contribution in [2.45, 2.75) is 109 Å². The van der Waals surface area contributed by atoms with Crippen LogP contribution in [0.3, 0.4) is 0 Å². The minimum atomic E-state index is -0.686. The number of methoxy groups -OCH3 is 2. The zero-order chi connectivity index (χ0) is 45.0. The highest BCUT2D eigenvalue weighted by molar-refractivity contribution is 6.04. The van der Waals surface area contributed by atoms with Gasteiger partial charge >= 0.3 is 12.1 Å². The molecule has 3 aromatic carbocycles. The Labute approximate surface area is 375 Å². The Bertz CT molecular complexity index is 2560. The summed E-state index contributed by atoms with van der Waals surface area (Å²) < 4.78 is 9.75. The van der Waals surface area contributed by atoms with Crippen LogP contribution in [0.5, 0.6) is 0 Å². The largest absolute Gasteiger partial charge is 0.469 e. The molecular weight excluding hydrogens is 807 g/mol. The van der Waals surface area contributed by atoms with Crippen LogP contribution < -0.4 is 5.32 Å². The molecule has 0 spiro atoms. The van der Waals surface area contributed by atoms with E-state index in [0.29, 0.717) is 31.6 Å². The Hall–Kier alpha value is -5.82. The third-order valence-corrected chi connectivity index (χ3v) is 14.7. The number of esters is 1. The van der Waals surface area contributed by atoms with Crippen molar-refractivity contribution in [1.82, 2.24) is 30.0 Å². The minimum absolute atomic E-state index is 0.0229. The van der Waals surface area contributed by atoms with Crippen LogP contribution in [0.2, 0.25) is 0 Å². The molecule has 0 saturated carbocycles. The fourth-order valence-electron chi connectivity index (χ4n) is 11.2. The van der Waals surface area contributed by atoms with Crippen molar-refractivity contribution in [3.05, 3.63) is 83.4 Å². The molecule has 5 aliphatic heterocycles. The van der Waals surface area contributed by atoms with Gasteiger partial charge < -0.3 is 29.6 Å². The number of hydrogen-bond donors (Lipinski definition) is 2. The zero-order valence-electron chi connectivity index (χ0n) is 38.1. The average Bonchev–Trinajstić information content (AvgIpc) is 4.17. The molecule has 2 unspecified atom stereocenters. The summed E-state index contributed by atoms with van der Waals surface area (Å²) in [5, 5.41) is 5.00. The molecule has 3 saturated heterocycles. The highest BCUT2D eigenvalue weighted by atomic mass is 16.5. The van der Waals surface area contributed by atoms with Crippen molar-refractivity contribution in [1.29, 1.82) is 0 Å². The molecule has 13 nitrogen and oxygen atoms in total. The number of aromatic nitrogens is 2. The fraction of sp³-hybridized carbons (Fsp3) is 0.490. The topological polar surface area (TPSA) is 150 Å². The number of hydrogen-bond acceptors (Lipinski definition) is 9. The van der Waals surface area contributed by atoms with Crippen LogP contribution in [0, 0.1) is 17.8 Å². The van der Waals surface area contributed by atoms with Crippen LogP contribution in [-0.4, -0.2) is 101 Å². The van der Waals surface area contributed by atoms with Gasteiger partial charge in [-0.2, -0.15) is 0 Å². The lowest BCUT2D eigenvalue weighted by atomic mass is 9.80. The summed E-state index contributed by atoms with van der Waals surface area (Å²) in [6.07, 6.45) is 9.79. The lowest BCUT2D eigenvalue weighted by Gasteiger charge is -2.30. The fourth-order valence-corrected chi connectivity index (χ4v) is 11.2. The molecule has 6 heterocycles. The number of likely N-dealkylation sites (tertiary alicyclic amines) is 2. The van der Waals surface area contributed by atoms with Gasteiger partial charge in [0.2, 0.25) is 11.8 Å². The highest BCUT2D eigenvalue weighted by Crippen LogP contribution is 2.57. The molecule has 2 bridgehead atoms. The number of aliphatic imine (C=N–C) groups is 1. The van der Waals surface area contributed by atoms with Crippen molar-refractivity contribution >= 4 is 45.9 Å². The average molecular weight is 868 g/mol. The van der Waals surface area contributed by atoms with E-state index in [1.807, 2.05) is 49.9 Å². The minimum Gasteiger partial charge on any atom is -0.469 e. The summed E-state index contributed by atoms with van der Waals surface area (Å²) in [5.74, 6) is -0.203. The quantitative estimate of drug-likeness (QED) is 0.134. The molecule has 0 radical (unpaired) electrons. The number of nitrogens with zero attached hydrogens (tertiary/aromatic N) is 5. The number of carbonyl (C=O) groups is 4. The van der Waals surface area contributed by atoms with Crippen molar-refractivity contribution in [2.24, 2.45) is 22.7 Å². The molecule has 0 aliphatic carbocycles. The number of benzene rings is 3. The molecule has 336 valence electrons. The second kappa shape index (κ2) is 17.6. The molecular formula is C51H61N7O6. The standard InChI is InChI=1S/C51H61N7O6/c1-28(2)37(25-44(59)63-6)49(60)57-20-8-10-40(57)38-24-34(26-52-38)36-17-16-35(45-41-18-19-42(46(36)45)56(41)5)32-14-12-31-23-33(15-13-30(31)22-32)39-27-53-48(54-39)43-11-9-21-58(43)50(61)47(29(3)4)55-51(62)64-7/h12-17,22-23,26-29,37,40-43,47H,8-11,18-21,24-25H2,1-7H3,(H,53,54)(H,55,62)/t37-,40-,41?,42?,43-,47-/m0/s1. The Kier molecular flexibility index (Phi) is 12.0. The van der Waals surface area contributed by atoms with Gasteiger partial charge in [-0.1, -0.05) is 64.1 Å². The number of carbonyl (C=O) groups excluding carboxylic acids is 4. The molecule has 6 atom stereocenters. The monoisotopic (exact) mass is 867 g/mol. The Morgan fingerprint density at radius 3 is 2.08 bits per heavy atom. The van der Waals surface area contributed by atoms with E-state index in [4.69, 9.17) is 19.5 Å². The molecule has 64 heavy (non-hydrogen) atoms. The molecule has 3 fully saturated rings. The molecule has 1 aromatic heterocycles. The number of alkyl carbamates (subject to hydrolysis) is 1. The highest BCUT2D eigenvalue weighted by Gasteiger charge is 2.46. The lowest BCUT2D eigenvalue weighted by Crippen LogP contribution is -2.51. The zero-order valence-corrected chi connectivity index (χ0v) is 38.1. The van der Waals surface area contributed by atoms with Crippen molar-refractivity contribution in [3.8, 4) is 22.4 Å². The number of amides is 3. The van der Waals surface area contributed by atoms with E-state index in [-0.39, 0.29) is 48.1 Å². The van der Waals surface area contributed by atoms with Gasteiger partial charge in [-0.3, -0.25) is 24.3 Å². The van der Waals surface area contributed by atoms with Gasteiger partial charge in [0.05, 0.1) is 50.5 Å². The van der Waals surface area contributed by atoms with Crippen LogP contribution in [0.15, 0.2) is 65.9 Å². The summed E-state index contributed by atoms with van der Waals surface area (Å²) in [6, 6.07) is 17.6. The smallest absolute Gasteiger partial charge is 0.407 e. The van der Waals surface area contributed by atoms with Gasteiger partial charge in [0.1, 0.15) is 11.9 Å². The van der Waals surface area contributed by atoms with Crippen LogP contribution in [0.25, 0.3) is 38.7 Å². The van der Waals surface area contributed by atoms with Crippen molar-refractivity contribution < 1.29 is 28.7 Å². The van der Waals surface area contributed by atoms with Crippen LogP contribution >= 0.6 is 0 Å². The Balaban J connectivity index is 0.938. The number of fused-ring (bicyclic) bond motifs is 6. The van der Waals surface area contributed by atoms with Crippen LogP contribution in [-0.2, 0) is 23.9 Å². The first kappa shape index (κ1) is 43.4. The first-order valence-electron chi connectivity index (χ1n) is 23.1. The molecule has 13 heteroatoms.